The molecular weight excluding hydrogens is 260 g/mol. The minimum Gasteiger partial charge on any atom is -0.465 e. The van der Waals surface area contributed by atoms with Crippen LogP contribution in [0.1, 0.15) is 48.0 Å². The van der Waals surface area contributed by atoms with Gasteiger partial charge in [-0.3, -0.25) is 9.69 Å². The Balaban J connectivity index is 2.78. The average Bonchev–Trinajstić information content (AvgIpc) is 2.56. The fraction of sp³-hybridized carbons (Fsp3) is 0.857. The van der Waals surface area contributed by atoms with Gasteiger partial charge in [0.2, 0.25) is 5.91 Å². The number of carbonyl (C=O) groups is 2. The third kappa shape index (κ3) is 5.00. The van der Waals surface area contributed by atoms with E-state index in [-0.39, 0.29) is 29.7 Å². The maximum Gasteiger partial charge on any atom is 0.408 e. The summed E-state index contributed by atoms with van der Waals surface area (Å²) in [6, 6.07) is -0.681. The van der Waals surface area contributed by atoms with Crippen LogP contribution in [0, 0.1) is 0 Å². The fourth-order valence-electron chi connectivity index (χ4n) is 2.30. The van der Waals surface area contributed by atoms with Gasteiger partial charge in [0, 0.05) is 12.0 Å². The van der Waals surface area contributed by atoms with Crippen molar-refractivity contribution in [2.24, 2.45) is 0 Å². The number of ether oxygens (including phenoxy) is 1. The van der Waals surface area contributed by atoms with Crippen molar-refractivity contribution in [2.45, 2.75) is 71.2 Å². The Hall–Kier alpha value is -1.30. The van der Waals surface area contributed by atoms with Gasteiger partial charge in [-0.25, -0.2) is 4.79 Å². The number of carboxylic acid groups (broad SMARTS) is 1. The molecule has 116 valence electrons. The van der Waals surface area contributed by atoms with Crippen LogP contribution in [-0.2, 0) is 9.53 Å². The summed E-state index contributed by atoms with van der Waals surface area (Å²) in [5, 5.41) is 12.1. The van der Waals surface area contributed by atoms with Gasteiger partial charge in [0.15, 0.2) is 0 Å². The Morgan fingerprint density at radius 2 is 1.75 bits per heavy atom. The number of carbonyl (C=O) groups excluding carboxylic acids is 1. The first-order valence-corrected chi connectivity index (χ1v) is 6.88. The topological polar surface area (TPSA) is 78.9 Å². The molecule has 0 aromatic carbocycles. The standard InChI is InChI=1S/C14H26N2O4/c1-13(2,3)15-11(17)10-7-9(20-14(4,5)6)8-16(10)12(18)19/h9-10H,7-8H2,1-6H3,(H,15,17)(H,18,19)/t9-,10+/m0/s1. The molecule has 1 saturated heterocycles. The van der Waals surface area contributed by atoms with Gasteiger partial charge in [-0.15, -0.1) is 0 Å². The first-order valence-electron chi connectivity index (χ1n) is 6.88. The maximum absolute atomic E-state index is 12.2. The number of amides is 2. The molecule has 2 amide bonds. The summed E-state index contributed by atoms with van der Waals surface area (Å²) in [6.07, 6.45) is -0.938. The molecule has 0 aromatic heterocycles. The lowest BCUT2D eigenvalue weighted by Gasteiger charge is -2.26. The zero-order valence-corrected chi connectivity index (χ0v) is 13.2. The highest BCUT2D eigenvalue weighted by molar-refractivity contribution is 5.86. The lowest BCUT2D eigenvalue weighted by Crippen LogP contribution is -2.51. The quantitative estimate of drug-likeness (QED) is 0.812. The molecule has 6 nitrogen and oxygen atoms in total. The predicted octanol–water partition coefficient (Wildman–Crippen LogP) is 1.84. The number of nitrogens with one attached hydrogen (secondary N) is 1. The van der Waals surface area contributed by atoms with Crippen molar-refractivity contribution in [3.05, 3.63) is 0 Å². The summed E-state index contributed by atoms with van der Waals surface area (Å²) in [5.74, 6) is -0.264. The summed E-state index contributed by atoms with van der Waals surface area (Å²) in [5.41, 5.74) is -0.742. The number of likely N-dealkylation sites (tertiary alicyclic amines) is 1. The molecule has 0 radical (unpaired) electrons. The molecule has 20 heavy (non-hydrogen) atoms. The van der Waals surface area contributed by atoms with E-state index < -0.39 is 12.1 Å². The van der Waals surface area contributed by atoms with E-state index >= 15 is 0 Å². The largest absolute Gasteiger partial charge is 0.465 e. The molecule has 0 aliphatic carbocycles. The molecule has 0 unspecified atom stereocenters. The minimum atomic E-state index is -1.08. The van der Waals surface area contributed by atoms with Crippen LogP contribution in [0.4, 0.5) is 4.79 Å². The maximum atomic E-state index is 12.2. The van der Waals surface area contributed by atoms with E-state index in [0.717, 1.165) is 4.90 Å². The Morgan fingerprint density at radius 3 is 2.15 bits per heavy atom. The molecule has 1 aliphatic heterocycles. The molecule has 0 spiro atoms. The van der Waals surface area contributed by atoms with Crippen LogP contribution in [0.25, 0.3) is 0 Å². The van der Waals surface area contributed by atoms with E-state index in [9.17, 15) is 14.7 Å². The second kappa shape index (κ2) is 5.60. The summed E-state index contributed by atoms with van der Waals surface area (Å²) in [4.78, 5) is 24.7. The fourth-order valence-corrected chi connectivity index (χ4v) is 2.30. The van der Waals surface area contributed by atoms with Crippen molar-refractivity contribution >= 4 is 12.0 Å². The molecule has 1 rings (SSSR count). The molecule has 2 atom stereocenters. The molecule has 1 fully saturated rings. The van der Waals surface area contributed by atoms with Crippen LogP contribution in [0.15, 0.2) is 0 Å². The van der Waals surface area contributed by atoms with Crippen LogP contribution in [0.2, 0.25) is 0 Å². The summed E-state index contributed by atoms with van der Waals surface area (Å²) >= 11 is 0. The van der Waals surface area contributed by atoms with Crippen molar-refractivity contribution in [1.82, 2.24) is 10.2 Å². The Kier molecular flexibility index (Phi) is 4.69. The molecule has 1 heterocycles. The van der Waals surface area contributed by atoms with E-state index in [1.807, 2.05) is 41.5 Å². The monoisotopic (exact) mass is 286 g/mol. The van der Waals surface area contributed by atoms with Gasteiger partial charge < -0.3 is 15.2 Å². The van der Waals surface area contributed by atoms with E-state index in [2.05, 4.69) is 5.32 Å². The van der Waals surface area contributed by atoms with E-state index in [0.29, 0.717) is 6.42 Å². The number of nitrogens with zero attached hydrogens (tertiary/aromatic N) is 1. The highest BCUT2D eigenvalue weighted by atomic mass is 16.5. The summed E-state index contributed by atoms with van der Waals surface area (Å²) < 4.78 is 5.80. The van der Waals surface area contributed by atoms with Gasteiger partial charge in [-0.1, -0.05) is 0 Å². The van der Waals surface area contributed by atoms with Crippen LogP contribution in [-0.4, -0.2) is 51.8 Å². The first-order chi connectivity index (χ1) is 8.89. The van der Waals surface area contributed by atoms with Gasteiger partial charge in [0.25, 0.3) is 0 Å². The lowest BCUT2D eigenvalue weighted by molar-refractivity contribution is -0.126. The Bertz CT molecular complexity index is 382. The molecule has 0 saturated carbocycles. The highest BCUT2D eigenvalue weighted by Crippen LogP contribution is 2.25. The lowest BCUT2D eigenvalue weighted by atomic mass is 10.1. The SMILES string of the molecule is CC(C)(C)NC(=O)[C@H]1C[C@H](OC(C)(C)C)CN1C(=O)O. The molecule has 6 heteroatoms. The van der Waals surface area contributed by atoms with E-state index in [1.54, 1.807) is 0 Å². The third-order valence-electron chi connectivity index (χ3n) is 2.83. The Labute approximate surface area is 120 Å². The molecule has 2 N–H and O–H groups in total. The Morgan fingerprint density at radius 1 is 1.20 bits per heavy atom. The summed E-state index contributed by atoms with van der Waals surface area (Å²) in [6.45, 7) is 11.6. The smallest absolute Gasteiger partial charge is 0.408 e. The van der Waals surface area contributed by atoms with Crippen LogP contribution < -0.4 is 5.32 Å². The van der Waals surface area contributed by atoms with Gasteiger partial charge >= 0.3 is 6.09 Å². The average molecular weight is 286 g/mol. The van der Waals surface area contributed by atoms with Gasteiger partial charge in [0.1, 0.15) is 6.04 Å². The molecule has 0 bridgehead atoms. The van der Waals surface area contributed by atoms with Crippen molar-refractivity contribution in [2.75, 3.05) is 6.54 Å². The van der Waals surface area contributed by atoms with Crippen molar-refractivity contribution < 1.29 is 19.4 Å². The van der Waals surface area contributed by atoms with Gasteiger partial charge in [-0.05, 0) is 41.5 Å². The van der Waals surface area contributed by atoms with E-state index in [1.165, 1.54) is 0 Å². The second-order valence-corrected chi connectivity index (χ2v) is 7.28. The summed E-state index contributed by atoms with van der Waals surface area (Å²) in [7, 11) is 0. The van der Waals surface area contributed by atoms with E-state index in [4.69, 9.17) is 4.74 Å². The van der Waals surface area contributed by atoms with Crippen molar-refractivity contribution in [3.8, 4) is 0 Å². The molecule has 1 aliphatic rings. The highest BCUT2D eigenvalue weighted by Gasteiger charge is 2.42. The second-order valence-electron chi connectivity index (χ2n) is 7.28. The van der Waals surface area contributed by atoms with Crippen molar-refractivity contribution in [3.63, 3.8) is 0 Å². The zero-order valence-electron chi connectivity index (χ0n) is 13.2. The number of rotatable bonds is 2. The third-order valence-corrected chi connectivity index (χ3v) is 2.83. The predicted molar refractivity (Wildman–Crippen MR) is 75.7 cm³/mol. The van der Waals surface area contributed by atoms with Gasteiger partial charge in [0.05, 0.1) is 18.2 Å². The zero-order chi connectivity index (χ0) is 15.7. The first kappa shape index (κ1) is 16.8. The van der Waals surface area contributed by atoms with Crippen LogP contribution in [0.3, 0.4) is 0 Å². The van der Waals surface area contributed by atoms with Crippen LogP contribution in [0.5, 0.6) is 0 Å². The molecule has 0 aromatic rings. The van der Waals surface area contributed by atoms with Crippen LogP contribution >= 0.6 is 0 Å². The molecular formula is C14H26N2O4. The number of hydrogen-bond donors (Lipinski definition) is 2. The van der Waals surface area contributed by atoms with Crippen molar-refractivity contribution in [1.29, 1.82) is 0 Å². The minimum absolute atomic E-state index is 0.231. The van der Waals surface area contributed by atoms with Gasteiger partial charge in [-0.2, -0.15) is 0 Å². The normalized spacial score (nSPS) is 23.8. The number of hydrogen-bond acceptors (Lipinski definition) is 3.